The number of rotatable bonds is 2. The molecule has 2 N–H and O–H groups in total. The maximum atomic E-state index is 13.6. The molecule has 0 bridgehead atoms. The van der Waals surface area contributed by atoms with Crippen molar-refractivity contribution in [3.8, 4) is 5.69 Å². The molecule has 1 saturated carbocycles. The Labute approximate surface area is 142 Å². The van der Waals surface area contributed by atoms with Crippen molar-refractivity contribution >= 4 is 16.7 Å². The van der Waals surface area contributed by atoms with Gasteiger partial charge in [-0.05, 0) is 37.8 Å². The predicted molar refractivity (Wildman–Crippen MR) is 90.1 cm³/mol. The van der Waals surface area contributed by atoms with Crippen LogP contribution < -0.4 is 5.56 Å². The highest BCUT2D eigenvalue weighted by atomic mass is 19.1. The molecule has 1 fully saturated rings. The first-order valence-electron chi connectivity index (χ1n) is 7.89. The summed E-state index contributed by atoms with van der Waals surface area (Å²) in [6, 6.07) is 3.09. The van der Waals surface area contributed by atoms with Gasteiger partial charge in [-0.15, -0.1) is 0 Å². The molecule has 0 atom stereocenters. The average Bonchev–Trinajstić information content (AvgIpc) is 2.91. The van der Waals surface area contributed by atoms with Gasteiger partial charge in [0.15, 0.2) is 11.5 Å². The molecular weight excluding hydrogens is 328 g/mol. The van der Waals surface area contributed by atoms with Crippen molar-refractivity contribution in [2.24, 2.45) is 5.92 Å². The van der Waals surface area contributed by atoms with E-state index in [0.717, 1.165) is 22.5 Å². The Balaban J connectivity index is 0.000000219. The van der Waals surface area contributed by atoms with E-state index in [1.54, 1.807) is 0 Å². The van der Waals surface area contributed by atoms with E-state index in [4.69, 9.17) is 5.41 Å². The van der Waals surface area contributed by atoms with Crippen LogP contribution in [0.25, 0.3) is 16.7 Å². The molecule has 0 unspecified atom stereocenters. The number of hydrogen-bond donors (Lipinski definition) is 2. The molecule has 1 aliphatic carbocycles. The molecule has 1 aliphatic rings. The largest absolute Gasteiger partial charge is 0.312 e. The first-order valence-corrected chi connectivity index (χ1v) is 7.89. The minimum atomic E-state index is -0.776. The van der Waals surface area contributed by atoms with E-state index in [9.17, 15) is 13.6 Å². The van der Waals surface area contributed by atoms with Gasteiger partial charge >= 0.3 is 0 Å². The van der Waals surface area contributed by atoms with Gasteiger partial charge in [-0.1, -0.05) is 6.42 Å². The van der Waals surface area contributed by atoms with Crippen LogP contribution in [0, 0.1) is 23.0 Å². The standard InChI is InChI=1S/C11H6F2N4O.C6H11N/c12-6-1-2-9(8(13)3-6)17-10-7(4-16-17)11(18)15-5-14-10;1-5(7)6-3-2-4-6/h1-5H,(H,14,15,18);6-7H,2-4H2,1H3. The van der Waals surface area contributed by atoms with Crippen molar-refractivity contribution < 1.29 is 8.78 Å². The fourth-order valence-corrected chi connectivity index (χ4v) is 2.53. The smallest absolute Gasteiger partial charge is 0.261 e. The van der Waals surface area contributed by atoms with Crippen LogP contribution in [0.5, 0.6) is 0 Å². The van der Waals surface area contributed by atoms with Gasteiger partial charge in [0.1, 0.15) is 16.9 Å². The van der Waals surface area contributed by atoms with Gasteiger partial charge in [0.25, 0.3) is 5.56 Å². The molecule has 25 heavy (non-hydrogen) atoms. The Bertz CT molecular complexity index is 975. The van der Waals surface area contributed by atoms with Crippen LogP contribution in [0.2, 0.25) is 0 Å². The van der Waals surface area contributed by atoms with Gasteiger partial charge < -0.3 is 10.4 Å². The van der Waals surface area contributed by atoms with Crippen molar-refractivity contribution in [1.29, 1.82) is 5.41 Å². The number of hydrogen-bond acceptors (Lipinski definition) is 4. The van der Waals surface area contributed by atoms with Gasteiger partial charge in [-0.25, -0.2) is 18.4 Å². The Morgan fingerprint density at radius 2 is 2.12 bits per heavy atom. The second-order valence-electron chi connectivity index (χ2n) is 5.93. The van der Waals surface area contributed by atoms with E-state index in [-0.39, 0.29) is 22.3 Å². The van der Waals surface area contributed by atoms with Crippen molar-refractivity contribution in [3.05, 3.63) is 52.7 Å². The number of aromatic amines is 1. The Kier molecular flexibility index (Phi) is 4.69. The van der Waals surface area contributed by atoms with Crippen LogP contribution in [0.4, 0.5) is 8.78 Å². The van der Waals surface area contributed by atoms with Crippen LogP contribution in [0.15, 0.2) is 35.5 Å². The quantitative estimate of drug-likeness (QED) is 0.699. The minimum absolute atomic E-state index is 0.0319. The molecule has 6 nitrogen and oxygen atoms in total. The highest BCUT2D eigenvalue weighted by Crippen LogP contribution is 2.26. The van der Waals surface area contributed by atoms with E-state index < -0.39 is 11.6 Å². The fraction of sp³-hybridized carbons (Fsp3) is 0.294. The lowest BCUT2D eigenvalue weighted by molar-refractivity contribution is 0.410. The summed E-state index contributed by atoms with van der Waals surface area (Å²) in [5.74, 6) is -0.791. The van der Waals surface area contributed by atoms with Gasteiger partial charge in [0.2, 0.25) is 0 Å². The number of nitrogens with zero attached hydrogens (tertiary/aromatic N) is 3. The van der Waals surface area contributed by atoms with E-state index in [1.807, 2.05) is 6.92 Å². The van der Waals surface area contributed by atoms with Crippen LogP contribution in [-0.2, 0) is 0 Å². The zero-order valence-electron chi connectivity index (χ0n) is 13.6. The average molecular weight is 345 g/mol. The van der Waals surface area contributed by atoms with Gasteiger partial charge in [-0.3, -0.25) is 4.79 Å². The molecular formula is C17H17F2N5O. The first-order chi connectivity index (χ1) is 12.0. The van der Waals surface area contributed by atoms with Gasteiger partial charge in [0, 0.05) is 11.8 Å². The summed E-state index contributed by atoms with van der Waals surface area (Å²) in [5, 5.41) is 11.3. The monoisotopic (exact) mass is 345 g/mol. The van der Waals surface area contributed by atoms with Crippen LogP contribution in [0.1, 0.15) is 26.2 Å². The number of nitrogens with one attached hydrogen (secondary N) is 2. The molecule has 0 spiro atoms. The molecule has 4 rings (SSSR count). The molecule has 0 aliphatic heterocycles. The number of H-pyrrole nitrogens is 1. The fourth-order valence-electron chi connectivity index (χ4n) is 2.53. The first kappa shape index (κ1) is 16.9. The van der Waals surface area contributed by atoms with Gasteiger partial charge in [0.05, 0.1) is 12.5 Å². The molecule has 0 amide bonds. The molecule has 0 radical (unpaired) electrons. The number of aromatic nitrogens is 4. The van der Waals surface area contributed by atoms with Crippen LogP contribution in [-0.4, -0.2) is 25.5 Å². The summed E-state index contributed by atoms with van der Waals surface area (Å²) < 4.78 is 27.6. The summed E-state index contributed by atoms with van der Waals surface area (Å²) in [4.78, 5) is 17.8. The summed E-state index contributed by atoms with van der Waals surface area (Å²) in [7, 11) is 0. The molecule has 1 aromatic carbocycles. The van der Waals surface area contributed by atoms with E-state index in [2.05, 4.69) is 15.1 Å². The maximum absolute atomic E-state index is 13.6. The van der Waals surface area contributed by atoms with Crippen molar-refractivity contribution in [2.45, 2.75) is 26.2 Å². The zero-order valence-corrected chi connectivity index (χ0v) is 13.6. The molecule has 2 aromatic heterocycles. The lowest BCUT2D eigenvalue weighted by Crippen LogP contribution is -2.17. The topological polar surface area (TPSA) is 87.4 Å². The molecule has 0 saturated heterocycles. The molecule has 130 valence electrons. The summed E-state index contributed by atoms with van der Waals surface area (Å²) >= 11 is 0. The van der Waals surface area contributed by atoms with Crippen LogP contribution >= 0.6 is 0 Å². The SMILES string of the molecule is CC(=N)C1CCC1.O=c1[nH]cnc2c1cnn2-c1ccc(F)cc1F. The lowest BCUT2D eigenvalue weighted by atomic mass is 9.82. The Hall–Kier alpha value is -2.90. The lowest BCUT2D eigenvalue weighted by Gasteiger charge is -2.23. The third kappa shape index (κ3) is 3.47. The number of fused-ring (bicyclic) bond motifs is 1. The predicted octanol–water partition coefficient (Wildman–Crippen LogP) is 3.21. The number of halogens is 2. The van der Waals surface area contributed by atoms with E-state index >= 15 is 0 Å². The highest BCUT2D eigenvalue weighted by Gasteiger charge is 2.18. The zero-order chi connectivity index (χ0) is 18.0. The maximum Gasteiger partial charge on any atom is 0.261 e. The van der Waals surface area contributed by atoms with Crippen molar-refractivity contribution in [2.75, 3.05) is 0 Å². The Morgan fingerprint density at radius 3 is 2.68 bits per heavy atom. The summed E-state index contributed by atoms with van der Waals surface area (Å²) in [5.41, 5.74) is 0.758. The minimum Gasteiger partial charge on any atom is -0.312 e. The highest BCUT2D eigenvalue weighted by molar-refractivity contribution is 5.81. The van der Waals surface area contributed by atoms with Gasteiger partial charge in [-0.2, -0.15) is 5.10 Å². The van der Waals surface area contributed by atoms with Crippen LogP contribution in [0.3, 0.4) is 0 Å². The van der Waals surface area contributed by atoms with Crippen molar-refractivity contribution in [3.63, 3.8) is 0 Å². The second kappa shape index (κ2) is 6.92. The summed E-state index contributed by atoms with van der Waals surface area (Å²) in [6.45, 7) is 1.91. The number of benzene rings is 1. The second-order valence-corrected chi connectivity index (χ2v) is 5.93. The normalized spacial score (nSPS) is 13.9. The third-order valence-corrected chi connectivity index (χ3v) is 4.23. The third-order valence-electron chi connectivity index (χ3n) is 4.23. The van der Waals surface area contributed by atoms with Crippen molar-refractivity contribution in [1.82, 2.24) is 19.7 Å². The van der Waals surface area contributed by atoms with E-state index in [1.165, 1.54) is 37.9 Å². The molecule has 8 heteroatoms. The molecule has 2 heterocycles. The molecule has 3 aromatic rings. The Morgan fingerprint density at radius 1 is 1.36 bits per heavy atom. The van der Waals surface area contributed by atoms with E-state index in [0.29, 0.717) is 5.92 Å². The summed E-state index contributed by atoms with van der Waals surface area (Å²) in [6.07, 6.45) is 6.37.